The van der Waals surface area contributed by atoms with Crippen molar-refractivity contribution in [2.45, 2.75) is 25.1 Å². The van der Waals surface area contributed by atoms with Crippen LogP contribution in [0.25, 0.3) is 0 Å². The number of aryl methyl sites for hydroxylation is 2. The summed E-state index contributed by atoms with van der Waals surface area (Å²) >= 11 is 1.46. The highest BCUT2D eigenvalue weighted by Gasteiger charge is 2.06. The van der Waals surface area contributed by atoms with Crippen molar-refractivity contribution < 1.29 is 5.11 Å². The Balaban J connectivity index is 1.80. The molecular weight excluding hydrogens is 320 g/mol. The van der Waals surface area contributed by atoms with Crippen molar-refractivity contribution in [1.82, 2.24) is 9.97 Å². The molecule has 5 nitrogen and oxygen atoms in total. The van der Waals surface area contributed by atoms with Crippen LogP contribution in [0.4, 0.5) is 5.69 Å². The SMILES string of the molecule is Cc1cc(C)nc(SC[C@H](O)CN=Cc2ccc(N(C)C)cc2)n1. The number of thioether (sulfide) groups is 1. The van der Waals surface area contributed by atoms with Gasteiger partial charge in [-0.1, -0.05) is 23.9 Å². The lowest BCUT2D eigenvalue weighted by molar-refractivity contribution is 0.208. The number of aromatic nitrogens is 2. The van der Waals surface area contributed by atoms with E-state index in [2.05, 4.69) is 19.9 Å². The second-order valence-corrected chi connectivity index (χ2v) is 6.87. The van der Waals surface area contributed by atoms with Crippen molar-refractivity contribution >= 4 is 23.7 Å². The Morgan fingerprint density at radius 2 is 1.79 bits per heavy atom. The van der Waals surface area contributed by atoms with Crippen molar-refractivity contribution in [3.8, 4) is 0 Å². The summed E-state index contributed by atoms with van der Waals surface area (Å²) in [6.07, 6.45) is 1.28. The average Bonchev–Trinajstić information content (AvgIpc) is 2.52. The molecule has 128 valence electrons. The third-order valence-corrected chi connectivity index (χ3v) is 4.32. The van der Waals surface area contributed by atoms with Gasteiger partial charge in [0.2, 0.25) is 0 Å². The quantitative estimate of drug-likeness (QED) is 0.475. The summed E-state index contributed by atoms with van der Waals surface area (Å²) in [5.41, 5.74) is 4.06. The van der Waals surface area contributed by atoms with E-state index in [1.807, 2.05) is 58.3 Å². The van der Waals surface area contributed by atoms with Gasteiger partial charge >= 0.3 is 0 Å². The number of rotatable bonds is 7. The van der Waals surface area contributed by atoms with Crippen molar-refractivity contribution in [2.75, 3.05) is 31.3 Å². The Hall–Kier alpha value is -1.92. The van der Waals surface area contributed by atoms with Gasteiger partial charge in [-0.3, -0.25) is 4.99 Å². The van der Waals surface area contributed by atoms with Crippen LogP contribution < -0.4 is 4.90 Å². The molecule has 1 aromatic carbocycles. The first kappa shape index (κ1) is 18.4. The number of hydrogen-bond acceptors (Lipinski definition) is 6. The fourth-order valence-electron chi connectivity index (χ4n) is 2.12. The number of hydrogen-bond donors (Lipinski definition) is 1. The van der Waals surface area contributed by atoms with Crippen LogP contribution in [0.15, 0.2) is 40.5 Å². The first-order valence-electron chi connectivity index (χ1n) is 7.84. The summed E-state index contributed by atoms with van der Waals surface area (Å²) in [6.45, 7) is 4.26. The molecule has 0 amide bonds. The smallest absolute Gasteiger partial charge is 0.188 e. The van der Waals surface area contributed by atoms with Crippen molar-refractivity contribution in [3.05, 3.63) is 47.3 Å². The number of aliphatic imine (C=N–C) groups is 1. The highest BCUT2D eigenvalue weighted by atomic mass is 32.2. The minimum absolute atomic E-state index is 0.368. The molecule has 6 heteroatoms. The van der Waals surface area contributed by atoms with Gasteiger partial charge in [0.15, 0.2) is 5.16 Å². The van der Waals surface area contributed by atoms with E-state index in [0.29, 0.717) is 17.5 Å². The minimum atomic E-state index is -0.517. The number of benzene rings is 1. The first-order valence-corrected chi connectivity index (χ1v) is 8.83. The Morgan fingerprint density at radius 3 is 2.38 bits per heavy atom. The lowest BCUT2D eigenvalue weighted by Crippen LogP contribution is -2.14. The molecular formula is C18H24N4OS. The van der Waals surface area contributed by atoms with Gasteiger partial charge in [-0.15, -0.1) is 0 Å². The summed E-state index contributed by atoms with van der Waals surface area (Å²) in [6, 6.07) is 10.1. The largest absolute Gasteiger partial charge is 0.390 e. The fourth-order valence-corrected chi connectivity index (χ4v) is 2.98. The molecule has 2 rings (SSSR count). The lowest BCUT2D eigenvalue weighted by Gasteiger charge is -2.11. The molecule has 0 aliphatic carbocycles. The van der Waals surface area contributed by atoms with Crippen LogP contribution in [0.3, 0.4) is 0 Å². The number of anilines is 1. The standard InChI is InChI=1S/C18H24N4OS/c1-13-9-14(2)21-18(20-13)24-12-17(23)11-19-10-15-5-7-16(8-6-15)22(3)4/h5-10,17,23H,11-12H2,1-4H3/t17-/m1/s1. The second kappa shape index (κ2) is 8.80. The van der Waals surface area contributed by atoms with Gasteiger partial charge in [-0.05, 0) is 37.6 Å². The van der Waals surface area contributed by atoms with E-state index >= 15 is 0 Å². The maximum absolute atomic E-state index is 10.0. The topological polar surface area (TPSA) is 61.6 Å². The van der Waals surface area contributed by atoms with Gasteiger partial charge in [0.1, 0.15) is 0 Å². The maximum Gasteiger partial charge on any atom is 0.188 e. The van der Waals surface area contributed by atoms with Crippen molar-refractivity contribution in [3.63, 3.8) is 0 Å². The van der Waals surface area contributed by atoms with Gasteiger partial charge in [-0.25, -0.2) is 9.97 Å². The Morgan fingerprint density at radius 1 is 1.17 bits per heavy atom. The molecule has 1 N–H and O–H groups in total. The molecule has 1 heterocycles. The molecule has 0 aliphatic heterocycles. The number of nitrogens with zero attached hydrogens (tertiary/aromatic N) is 4. The highest BCUT2D eigenvalue weighted by Crippen LogP contribution is 2.15. The summed E-state index contributed by atoms with van der Waals surface area (Å²) in [5, 5.41) is 10.8. The zero-order valence-electron chi connectivity index (χ0n) is 14.6. The van der Waals surface area contributed by atoms with Crippen LogP contribution in [0.2, 0.25) is 0 Å². The number of aliphatic hydroxyl groups excluding tert-OH is 1. The van der Waals surface area contributed by atoms with Crippen LogP contribution in [0.1, 0.15) is 17.0 Å². The van der Waals surface area contributed by atoms with E-state index in [-0.39, 0.29) is 0 Å². The Bertz CT molecular complexity index is 666. The molecule has 0 bridgehead atoms. The third kappa shape index (κ3) is 5.94. The molecule has 0 saturated carbocycles. The summed E-state index contributed by atoms with van der Waals surface area (Å²) < 4.78 is 0. The zero-order chi connectivity index (χ0) is 17.5. The van der Waals surface area contributed by atoms with Gasteiger partial charge < -0.3 is 10.0 Å². The van der Waals surface area contributed by atoms with E-state index in [0.717, 1.165) is 22.6 Å². The van der Waals surface area contributed by atoms with Crippen LogP contribution in [0, 0.1) is 13.8 Å². The van der Waals surface area contributed by atoms with E-state index < -0.39 is 6.10 Å². The van der Waals surface area contributed by atoms with Gasteiger partial charge in [0.25, 0.3) is 0 Å². The normalized spacial score (nSPS) is 12.5. The molecule has 0 unspecified atom stereocenters. The van der Waals surface area contributed by atoms with E-state index in [9.17, 15) is 5.11 Å². The van der Waals surface area contributed by atoms with Gasteiger partial charge in [0, 0.05) is 43.1 Å². The molecule has 0 radical (unpaired) electrons. The van der Waals surface area contributed by atoms with Gasteiger partial charge in [-0.2, -0.15) is 0 Å². The van der Waals surface area contributed by atoms with E-state index in [1.54, 1.807) is 6.21 Å². The maximum atomic E-state index is 10.0. The molecule has 0 spiro atoms. The Kier molecular flexibility index (Phi) is 6.75. The van der Waals surface area contributed by atoms with E-state index in [4.69, 9.17) is 0 Å². The predicted molar refractivity (Wildman–Crippen MR) is 101 cm³/mol. The molecule has 0 saturated heterocycles. The van der Waals surface area contributed by atoms with Crippen molar-refractivity contribution in [2.24, 2.45) is 4.99 Å². The molecule has 1 atom stereocenters. The lowest BCUT2D eigenvalue weighted by atomic mass is 10.2. The second-order valence-electron chi connectivity index (χ2n) is 5.88. The summed E-state index contributed by atoms with van der Waals surface area (Å²) in [7, 11) is 4.02. The molecule has 24 heavy (non-hydrogen) atoms. The third-order valence-electron chi connectivity index (χ3n) is 3.33. The van der Waals surface area contributed by atoms with E-state index in [1.165, 1.54) is 11.8 Å². The molecule has 1 aromatic heterocycles. The molecule has 0 fully saturated rings. The van der Waals surface area contributed by atoms with Crippen LogP contribution in [-0.2, 0) is 0 Å². The predicted octanol–water partition coefficient (Wildman–Crippen LogP) is 2.73. The average molecular weight is 344 g/mol. The van der Waals surface area contributed by atoms with Gasteiger partial charge in [0.05, 0.1) is 12.6 Å². The summed E-state index contributed by atoms with van der Waals surface area (Å²) in [4.78, 5) is 15.1. The first-order chi connectivity index (χ1) is 11.4. The highest BCUT2D eigenvalue weighted by molar-refractivity contribution is 7.99. The fraction of sp³-hybridized carbons (Fsp3) is 0.389. The minimum Gasteiger partial charge on any atom is -0.390 e. The Labute approximate surface area is 147 Å². The molecule has 2 aromatic rings. The summed E-state index contributed by atoms with van der Waals surface area (Å²) in [5.74, 6) is 0.528. The molecule has 0 aliphatic rings. The van der Waals surface area contributed by atoms with Crippen LogP contribution >= 0.6 is 11.8 Å². The monoisotopic (exact) mass is 344 g/mol. The van der Waals surface area contributed by atoms with Crippen LogP contribution in [0.5, 0.6) is 0 Å². The van der Waals surface area contributed by atoms with Crippen molar-refractivity contribution in [1.29, 1.82) is 0 Å². The number of aliphatic hydroxyl groups is 1. The van der Waals surface area contributed by atoms with Crippen LogP contribution in [-0.4, -0.2) is 53.8 Å². The zero-order valence-corrected chi connectivity index (χ0v) is 15.4.